The lowest BCUT2D eigenvalue weighted by Gasteiger charge is -2.23. The Bertz CT molecular complexity index is 838. The molecule has 0 fully saturated rings. The molecule has 8 nitrogen and oxygen atoms in total. The lowest BCUT2D eigenvalue weighted by molar-refractivity contribution is 0.0616. The van der Waals surface area contributed by atoms with Crippen LogP contribution in [0.1, 0.15) is 25.1 Å². The topological polar surface area (TPSA) is 91.8 Å². The highest BCUT2D eigenvalue weighted by molar-refractivity contribution is 14.0. The zero-order chi connectivity index (χ0) is 17.9. The minimum atomic E-state index is -1.04. The molecule has 0 aliphatic carbocycles. The monoisotopic (exact) mass is 489 g/mol. The summed E-state index contributed by atoms with van der Waals surface area (Å²) in [6, 6.07) is 0. The molecule has 0 aromatic carbocycles. The second-order valence-corrected chi connectivity index (χ2v) is 6.92. The van der Waals surface area contributed by atoms with Gasteiger partial charge in [0.25, 0.3) is 0 Å². The van der Waals surface area contributed by atoms with E-state index < -0.39 is 5.60 Å². The molecule has 0 amide bonds. The molecule has 0 aliphatic rings. The number of aliphatic hydroxyl groups is 1. The van der Waals surface area contributed by atoms with Gasteiger partial charge in [-0.1, -0.05) is 0 Å². The van der Waals surface area contributed by atoms with Crippen LogP contribution < -0.4 is 10.6 Å². The first-order valence-corrected chi connectivity index (χ1v) is 9.00. The van der Waals surface area contributed by atoms with Gasteiger partial charge in [-0.15, -0.1) is 35.3 Å². The molecule has 26 heavy (non-hydrogen) atoms. The fraction of sp³-hybridized carbons (Fsp3) is 0.438. The molecule has 3 aromatic rings. The SMILES string of the molecule is CCNC(=NCc1cn2ccsc2n1)NCC(C)(O)c1cnn(C)c1.I. The van der Waals surface area contributed by atoms with E-state index >= 15 is 0 Å². The van der Waals surface area contributed by atoms with Crippen LogP contribution in [-0.2, 0) is 19.2 Å². The third-order valence-corrected chi connectivity index (χ3v) is 4.58. The van der Waals surface area contributed by atoms with Crippen molar-refractivity contribution in [2.75, 3.05) is 13.1 Å². The Kier molecular flexibility index (Phi) is 7.01. The van der Waals surface area contributed by atoms with Gasteiger partial charge in [0, 0.05) is 43.1 Å². The third-order valence-electron chi connectivity index (χ3n) is 3.81. The van der Waals surface area contributed by atoms with Gasteiger partial charge in [-0.3, -0.25) is 9.08 Å². The van der Waals surface area contributed by atoms with Crippen molar-refractivity contribution in [2.24, 2.45) is 12.0 Å². The fourth-order valence-corrected chi connectivity index (χ4v) is 3.13. The number of imidazole rings is 1. The Morgan fingerprint density at radius 2 is 2.19 bits per heavy atom. The number of hydrogen-bond acceptors (Lipinski definition) is 5. The van der Waals surface area contributed by atoms with Gasteiger partial charge in [0.15, 0.2) is 10.9 Å². The molecule has 3 N–H and O–H groups in total. The van der Waals surface area contributed by atoms with E-state index in [1.54, 1.807) is 29.1 Å². The molecule has 1 atom stereocenters. The predicted molar refractivity (Wildman–Crippen MR) is 114 cm³/mol. The molecule has 0 bridgehead atoms. The molecule has 1 unspecified atom stereocenters. The predicted octanol–water partition coefficient (Wildman–Crippen LogP) is 1.71. The average Bonchev–Trinajstić information content (AvgIpc) is 3.26. The summed E-state index contributed by atoms with van der Waals surface area (Å²) in [4.78, 5) is 10.0. The summed E-state index contributed by atoms with van der Waals surface area (Å²) < 4.78 is 3.66. The Hall–Kier alpha value is -1.66. The molecule has 0 saturated heterocycles. The van der Waals surface area contributed by atoms with E-state index in [4.69, 9.17) is 0 Å². The van der Waals surface area contributed by atoms with Crippen molar-refractivity contribution >= 4 is 46.2 Å². The molecule has 3 heterocycles. The normalized spacial score (nSPS) is 14.1. The first-order chi connectivity index (χ1) is 12.0. The van der Waals surface area contributed by atoms with Crippen molar-refractivity contribution in [3.8, 4) is 0 Å². The maximum Gasteiger partial charge on any atom is 0.193 e. The van der Waals surface area contributed by atoms with Gasteiger partial charge in [-0.2, -0.15) is 5.10 Å². The third kappa shape index (κ3) is 4.95. The lowest BCUT2D eigenvalue weighted by Crippen LogP contribution is -2.44. The van der Waals surface area contributed by atoms with Gasteiger partial charge in [0.05, 0.1) is 25.0 Å². The van der Waals surface area contributed by atoms with Crippen molar-refractivity contribution in [1.82, 2.24) is 29.8 Å². The molecule has 3 rings (SSSR count). The summed E-state index contributed by atoms with van der Waals surface area (Å²) in [5.74, 6) is 0.642. The van der Waals surface area contributed by atoms with Crippen LogP contribution in [0.4, 0.5) is 0 Å². The van der Waals surface area contributed by atoms with E-state index in [0.29, 0.717) is 19.0 Å². The van der Waals surface area contributed by atoms with Gasteiger partial charge in [0.1, 0.15) is 5.60 Å². The summed E-state index contributed by atoms with van der Waals surface area (Å²) in [7, 11) is 1.83. The number of aliphatic imine (C=N–C) groups is 1. The minimum Gasteiger partial charge on any atom is -0.383 e. The first-order valence-electron chi connectivity index (χ1n) is 8.12. The van der Waals surface area contributed by atoms with E-state index in [0.717, 1.165) is 22.8 Å². The van der Waals surface area contributed by atoms with E-state index in [1.807, 2.05) is 42.3 Å². The Balaban J connectivity index is 0.00000243. The highest BCUT2D eigenvalue weighted by Gasteiger charge is 2.25. The zero-order valence-electron chi connectivity index (χ0n) is 15.0. The maximum atomic E-state index is 10.7. The Morgan fingerprint density at radius 3 is 2.85 bits per heavy atom. The van der Waals surface area contributed by atoms with Crippen molar-refractivity contribution < 1.29 is 5.11 Å². The van der Waals surface area contributed by atoms with Crippen LogP contribution in [0.5, 0.6) is 0 Å². The summed E-state index contributed by atoms with van der Waals surface area (Å²) in [6.07, 6.45) is 7.44. The van der Waals surface area contributed by atoms with Crippen LogP contribution in [0.15, 0.2) is 35.2 Å². The van der Waals surface area contributed by atoms with Crippen LogP contribution in [-0.4, -0.2) is 43.3 Å². The van der Waals surface area contributed by atoms with Crippen LogP contribution >= 0.6 is 35.3 Å². The molecule has 0 saturated carbocycles. The van der Waals surface area contributed by atoms with Crippen LogP contribution in [0.25, 0.3) is 4.96 Å². The van der Waals surface area contributed by atoms with E-state index in [9.17, 15) is 5.11 Å². The summed E-state index contributed by atoms with van der Waals surface area (Å²) in [6.45, 7) is 5.29. The van der Waals surface area contributed by atoms with Gasteiger partial charge < -0.3 is 15.7 Å². The molecular weight excluding hydrogens is 465 g/mol. The van der Waals surface area contributed by atoms with Crippen LogP contribution in [0, 0.1) is 0 Å². The van der Waals surface area contributed by atoms with E-state index in [-0.39, 0.29) is 24.0 Å². The van der Waals surface area contributed by atoms with Gasteiger partial charge in [-0.05, 0) is 13.8 Å². The van der Waals surface area contributed by atoms with Gasteiger partial charge >= 0.3 is 0 Å². The molecule has 3 aromatic heterocycles. The second kappa shape index (κ2) is 8.82. The van der Waals surface area contributed by atoms with E-state index in [1.165, 1.54) is 0 Å². The smallest absolute Gasteiger partial charge is 0.193 e. The number of nitrogens with one attached hydrogen (secondary N) is 2. The lowest BCUT2D eigenvalue weighted by atomic mass is 10.00. The van der Waals surface area contributed by atoms with Crippen LogP contribution in [0.2, 0.25) is 0 Å². The largest absolute Gasteiger partial charge is 0.383 e. The number of aromatic nitrogens is 4. The standard InChI is InChI=1S/C16H23N7OS.HI/c1-4-17-14(18-8-13-10-23-5-6-25-15(23)21-13)19-11-16(2,24)12-7-20-22(3)9-12;/h5-7,9-10,24H,4,8,11H2,1-3H3,(H2,17,18,19);1H. The fourth-order valence-electron chi connectivity index (χ4n) is 2.41. The number of nitrogens with zero attached hydrogens (tertiary/aromatic N) is 5. The van der Waals surface area contributed by atoms with E-state index in [2.05, 4.69) is 25.7 Å². The molecular formula is C16H24IN7OS. The molecule has 0 spiro atoms. The maximum absolute atomic E-state index is 10.7. The minimum absolute atomic E-state index is 0. The quantitative estimate of drug-likeness (QED) is 0.279. The van der Waals surface area contributed by atoms with Crippen molar-refractivity contribution in [3.63, 3.8) is 0 Å². The van der Waals surface area contributed by atoms with Crippen LogP contribution in [0.3, 0.4) is 0 Å². The number of thiazole rings is 1. The highest BCUT2D eigenvalue weighted by atomic mass is 127. The molecule has 0 aliphatic heterocycles. The zero-order valence-corrected chi connectivity index (χ0v) is 18.2. The number of guanidine groups is 1. The number of hydrogen-bond donors (Lipinski definition) is 3. The van der Waals surface area contributed by atoms with Crippen molar-refractivity contribution in [1.29, 1.82) is 0 Å². The number of rotatable bonds is 6. The molecule has 0 radical (unpaired) electrons. The van der Waals surface area contributed by atoms with Gasteiger partial charge in [0.2, 0.25) is 0 Å². The first kappa shape index (κ1) is 20.6. The number of fused-ring (bicyclic) bond motifs is 1. The average molecular weight is 489 g/mol. The summed E-state index contributed by atoms with van der Waals surface area (Å²) in [5.41, 5.74) is 0.623. The summed E-state index contributed by atoms with van der Waals surface area (Å²) in [5, 5.41) is 23.1. The summed E-state index contributed by atoms with van der Waals surface area (Å²) >= 11 is 1.60. The highest BCUT2D eigenvalue weighted by Crippen LogP contribution is 2.18. The van der Waals surface area contributed by atoms with Crippen molar-refractivity contribution in [2.45, 2.75) is 26.0 Å². The van der Waals surface area contributed by atoms with Crippen molar-refractivity contribution in [3.05, 3.63) is 41.4 Å². The molecule has 10 heteroatoms. The molecule has 142 valence electrons. The second-order valence-electron chi connectivity index (χ2n) is 6.05. The Morgan fingerprint density at radius 1 is 1.38 bits per heavy atom. The number of halogens is 1. The Labute approximate surface area is 173 Å². The number of aryl methyl sites for hydroxylation is 1. The van der Waals surface area contributed by atoms with Gasteiger partial charge in [-0.25, -0.2) is 9.98 Å².